The van der Waals surface area contributed by atoms with E-state index >= 15 is 0 Å². The first-order chi connectivity index (χ1) is 8.92. The Morgan fingerprint density at radius 2 is 1.72 bits per heavy atom. The van der Waals surface area contributed by atoms with E-state index in [1.165, 1.54) is 84.2 Å². The van der Waals surface area contributed by atoms with Gasteiger partial charge in [-0.3, -0.25) is 4.90 Å². The standard InChI is InChI=1S/C15H29N3/c1-2-6-14(5-1)16-8-12-17-9-4-11-18-10-3-7-15(18)13-17/h14-16H,1-13H2. The van der Waals surface area contributed by atoms with Crippen LogP contribution in [0.3, 0.4) is 0 Å². The molecule has 2 saturated heterocycles. The number of hydrogen-bond donors (Lipinski definition) is 1. The second-order valence-electron chi connectivity index (χ2n) is 6.42. The average molecular weight is 251 g/mol. The van der Waals surface area contributed by atoms with Crippen LogP contribution in [0.4, 0.5) is 0 Å². The zero-order valence-corrected chi connectivity index (χ0v) is 11.7. The Morgan fingerprint density at radius 1 is 0.889 bits per heavy atom. The van der Waals surface area contributed by atoms with Crippen molar-refractivity contribution < 1.29 is 0 Å². The predicted molar refractivity (Wildman–Crippen MR) is 75.9 cm³/mol. The lowest BCUT2D eigenvalue weighted by Crippen LogP contribution is -2.40. The Bertz CT molecular complexity index is 250. The van der Waals surface area contributed by atoms with Crippen LogP contribution in [0.1, 0.15) is 44.9 Å². The summed E-state index contributed by atoms with van der Waals surface area (Å²) in [5.41, 5.74) is 0. The van der Waals surface area contributed by atoms with Crippen LogP contribution in [0.2, 0.25) is 0 Å². The first kappa shape index (κ1) is 12.9. The molecule has 1 aliphatic carbocycles. The molecule has 3 aliphatic rings. The number of hydrogen-bond acceptors (Lipinski definition) is 3. The topological polar surface area (TPSA) is 18.5 Å². The van der Waals surface area contributed by atoms with Gasteiger partial charge in [0.25, 0.3) is 0 Å². The lowest BCUT2D eigenvalue weighted by molar-refractivity contribution is 0.219. The fourth-order valence-corrected chi connectivity index (χ4v) is 4.04. The van der Waals surface area contributed by atoms with Gasteiger partial charge in [0.05, 0.1) is 0 Å². The zero-order valence-electron chi connectivity index (χ0n) is 11.7. The molecule has 1 unspecified atom stereocenters. The molecule has 1 atom stereocenters. The molecular weight excluding hydrogens is 222 g/mol. The monoisotopic (exact) mass is 251 g/mol. The molecule has 3 nitrogen and oxygen atoms in total. The van der Waals surface area contributed by atoms with Crippen LogP contribution in [0.5, 0.6) is 0 Å². The van der Waals surface area contributed by atoms with Crippen LogP contribution < -0.4 is 5.32 Å². The van der Waals surface area contributed by atoms with Gasteiger partial charge in [-0.2, -0.15) is 0 Å². The maximum Gasteiger partial charge on any atom is 0.0223 e. The van der Waals surface area contributed by atoms with Gasteiger partial charge >= 0.3 is 0 Å². The second-order valence-corrected chi connectivity index (χ2v) is 6.42. The highest BCUT2D eigenvalue weighted by Crippen LogP contribution is 2.21. The molecule has 3 heteroatoms. The van der Waals surface area contributed by atoms with E-state index in [-0.39, 0.29) is 0 Å². The molecule has 3 rings (SSSR count). The Balaban J connectivity index is 1.38. The van der Waals surface area contributed by atoms with E-state index in [1.54, 1.807) is 0 Å². The minimum absolute atomic E-state index is 0.833. The Labute approximate surface area is 112 Å². The van der Waals surface area contributed by atoms with E-state index in [0.29, 0.717) is 0 Å². The Hall–Kier alpha value is -0.120. The molecule has 0 radical (unpaired) electrons. The predicted octanol–water partition coefficient (Wildman–Crippen LogP) is 1.69. The second kappa shape index (κ2) is 6.36. The molecule has 104 valence electrons. The lowest BCUT2D eigenvalue weighted by Gasteiger charge is -2.26. The summed E-state index contributed by atoms with van der Waals surface area (Å²) >= 11 is 0. The molecule has 0 bridgehead atoms. The van der Waals surface area contributed by atoms with E-state index in [9.17, 15) is 0 Å². The summed E-state index contributed by atoms with van der Waals surface area (Å²) in [5.74, 6) is 0. The van der Waals surface area contributed by atoms with Gasteiger partial charge in [0.15, 0.2) is 0 Å². The zero-order chi connectivity index (χ0) is 12.2. The van der Waals surface area contributed by atoms with Gasteiger partial charge in [0.2, 0.25) is 0 Å². The van der Waals surface area contributed by atoms with Crippen molar-refractivity contribution >= 4 is 0 Å². The van der Waals surface area contributed by atoms with E-state index in [1.807, 2.05) is 0 Å². The highest BCUT2D eigenvalue weighted by molar-refractivity contribution is 4.85. The van der Waals surface area contributed by atoms with Crippen molar-refractivity contribution in [1.29, 1.82) is 0 Å². The van der Waals surface area contributed by atoms with Crippen LogP contribution in [0.15, 0.2) is 0 Å². The van der Waals surface area contributed by atoms with E-state index in [4.69, 9.17) is 0 Å². The van der Waals surface area contributed by atoms with Crippen LogP contribution in [0, 0.1) is 0 Å². The number of nitrogens with zero attached hydrogens (tertiary/aromatic N) is 2. The minimum atomic E-state index is 0.833. The lowest BCUT2D eigenvalue weighted by atomic mass is 10.2. The largest absolute Gasteiger partial charge is 0.313 e. The van der Waals surface area contributed by atoms with Crippen molar-refractivity contribution in [2.75, 3.05) is 39.3 Å². The third-order valence-corrected chi connectivity index (χ3v) is 5.10. The van der Waals surface area contributed by atoms with Gasteiger partial charge in [-0.15, -0.1) is 0 Å². The van der Waals surface area contributed by atoms with E-state index in [0.717, 1.165) is 12.1 Å². The molecule has 3 fully saturated rings. The molecule has 0 spiro atoms. The molecular formula is C15H29N3. The van der Waals surface area contributed by atoms with Gasteiger partial charge < -0.3 is 10.2 Å². The molecule has 2 aliphatic heterocycles. The summed E-state index contributed by atoms with van der Waals surface area (Å²) in [6.45, 7) is 7.82. The highest BCUT2D eigenvalue weighted by Gasteiger charge is 2.28. The smallest absolute Gasteiger partial charge is 0.0223 e. The van der Waals surface area contributed by atoms with Crippen LogP contribution in [0.25, 0.3) is 0 Å². The van der Waals surface area contributed by atoms with E-state index in [2.05, 4.69) is 15.1 Å². The fourth-order valence-electron chi connectivity index (χ4n) is 4.04. The maximum absolute atomic E-state index is 3.75. The summed E-state index contributed by atoms with van der Waals surface area (Å²) in [6.07, 6.45) is 9.95. The average Bonchev–Trinajstić information content (AvgIpc) is 2.99. The summed E-state index contributed by atoms with van der Waals surface area (Å²) < 4.78 is 0. The molecule has 18 heavy (non-hydrogen) atoms. The van der Waals surface area contributed by atoms with Crippen molar-refractivity contribution in [3.05, 3.63) is 0 Å². The van der Waals surface area contributed by atoms with Crippen molar-refractivity contribution in [3.63, 3.8) is 0 Å². The minimum Gasteiger partial charge on any atom is -0.313 e. The first-order valence-corrected chi connectivity index (χ1v) is 8.11. The number of rotatable bonds is 4. The molecule has 0 aromatic carbocycles. The quantitative estimate of drug-likeness (QED) is 0.820. The Morgan fingerprint density at radius 3 is 2.61 bits per heavy atom. The molecule has 2 heterocycles. The summed E-state index contributed by atoms with van der Waals surface area (Å²) in [6, 6.07) is 1.71. The molecule has 0 aromatic rings. The summed E-state index contributed by atoms with van der Waals surface area (Å²) in [5, 5.41) is 3.75. The van der Waals surface area contributed by atoms with Gasteiger partial charge in [0.1, 0.15) is 0 Å². The van der Waals surface area contributed by atoms with Gasteiger partial charge in [-0.05, 0) is 51.7 Å². The fraction of sp³-hybridized carbons (Fsp3) is 1.00. The SMILES string of the molecule is C1CCC(NCCN2CCCN3CCCC3C2)C1. The van der Waals surface area contributed by atoms with E-state index < -0.39 is 0 Å². The van der Waals surface area contributed by atoms with Crippen molar-refractivity contribution in [1.82, 2.24) is 15.1 Å². The van der Waals surface area contributed by atoms with Gasteiger partial charge in [-0.1, -0.05) is 12.8 Å². The normalized spacial score (nSPS) is 31.7. The van der Waals surface area contributed by atoms with Crippen molar-refractivity contribution in [3.8, 4) is 0 Å². The van der Waals surface area contributed by atoms with Gasteiger partial charge in [-0.25, -0.2) is 0 Å². The van der Waals surface area contributed by atoms with Crippen LogP contribution >= 0.6 is 0 Å². The molecule has 0 aromatic heterocycles. The highest BCUT2D eigenvalue weighted by atomic mass is 15.3. The van der Waals surface area contributed by atoms with Gasteiger partial charge in [0, 0.05) is 31.7 Å². The van der Waals surface area contributed by atoms with Crippen LogP contribution in [-0.4, -0.2) is 61.2 Å². The third-order valence-electron chi connectivity index (χ3n) is 5.10. The first-order valence-electron chi connectivity index (χ1n) is 8.11. The summed E-state index contributed by atoms with van der Waals surface area (Å²) in [4.78, 5) is 5.43. The molecule has 0 amide bonds. The third kappa shape index (κ3) is 3.25. The number of fused-ring (bicyclic) bond motifs is 1. The summed E-state index contributed by atoms with van der Waals surface area (Å²) in [7, 11) is 0. The molecule has 1 saturated carbocycles. The van der Waals surface area contributed by atoms with Crippen molar-refractivity contribution in [2.45, 2.75) is 57.0 Å². The maximum atomic E-state index is 3.75. The Kier molecular flexibility index (Phi) is 4.55. The number of nitrogens with one attached hydrogen (secondary N) is 1. The molecule has 1 N–H and O–H groups in total. The van der Waals surface area contributed by atoms with Crippen molar-refractivity contribution in [2.24, 2.45) is 0 Å². The van der Waals surface area contributed by atoms with Crippen LogP contribution in [-0.2, 0) is 0 Å².